The third-order valence-electron chi connectivity index (χ3n) is 4.04. The zero-order valence-corrected chi connectivity index (χ0v) is 16.6. The van der Waals surface area contributed by atoms with E-state index in [1.54, 1.807) is 17.0 Å². The molecule has 0 spiro atoms. The number of hydrogen-bond acceptors (Lipinski definition) is 5. The molecule has 1 fully saturated rings. The Balaban J connectivity index is 1.74. The van der Waals surface area contributed by atoms with Gasteiger partial charge in [-0.1, -0.05) is 60.4 Å². The first-order valence-electron chi connectivity index (χ1n) is 8.40. The lowest BCUT2D eigenvalue weighted by Gasteiger charge is -2.14. The van der Waals surface area contributed by atoms with Gasteiger partial charge in [0.25, 0.3) is 5.91 Å². The number of thiocarbonyl (C=S) groups is 1. The van der Waals surface area contributed by atoms with Crippen LogP contribution < -0.4 is 9.47 Å². The molecule has 2 aromatic rings. The molecule has 146 valence electrons. The van der Waals surface area contributed by atoms with Gasteiger partial charge in [0, 0.05) is 6.54 Å². The minimum absolute atomic E-state index is 0.0648. The number of halogens is 2. The third kappa shape index (κ3) is 4.88. The maximum Gasteiger partial charge on any atom is 0.387 e. The zero-order valence-electron chi connectivity index (χ0n) is 14.9. The molecule has 0 atom stereocenters. The standard InChI is InChI=1S/C20H17F2NO3S2/c1-25-16-11-14(7-8-15(16)26-19(21)22)12-17-18(24)23(20(27)28-17)10-9-13-5-3-2-4-6-13/h2-8,11-12,19H,9-10H2,1H3. The van der Waals surface area contributed by atoms with E-state index < -0.39 is 6.61 Å². The average Bonchev–Trinajstić information content (AvgIpc) is 2.94. The van der Waals surface area contributed by atoms with Crippen molar-refractivity contribution in [1.29, 1.82) is 0 Å². The predicted octanol–water partition coefficient (Wildman–Crippen LogP) is 4.74. The summed E-state index contributed by atoms with van der Waals surface area (Å²) in [6.45, 7) is -2.45. The molecule has 28 heavy (non-hydrogen) atoms. The lowest BCUT2D eigenvalue weighted by molar-refractivity contribution is -0.122. The van der Waals surface area contributed by atoms with Crippen molar-refractivity contribution in [1.82, 2.24) is 4.90 Å². The third-order valence-corrected chi connectivity index (χ3v) is 5.42. The highest BCUT2D eigenvalue weighted by Gasteiger charge is 2.31. The van der Waals surface area contributed by atoms with Crippen LogP contribution in [-0.4, -0.2) is 35.4 Å². The average molecular weight is 421 g/mol. The summed E-state index contributed by atoms with van der Waals surface area (Å²) in [6, 6.07) is 14.4. The molecular formula is C20H17F2NO3S2. The van der Waals surface area contributed by atoms with Crippen LogP contribution in [-0.2, 0) is 11.2 Å². The number of rotatable bonds is 7. The van der Waals surface area contributed by atoms with Crippen LogP contribution in [0.25, 0.3) is 6.08 Å². The molecule has 0 bridgehead atoms. The molecule has 0 radical (unpaired) electrons. The van der Waals surface area contributed by atoms with Crippen LogP contribution in [0.1, 0.15) is 11.1 Å². The summed E-state index contributed by atoms with van der Waals surface area (Å²) < 4.78 is 34.9. The number of carbonyl (C=O) groups is 1. The number of hydrogen-bond donors (Lipinski definition) is 0. The van der Waals surface area contributed by atoms with Crippen molar-refractivity contribution in [3.63, 3.8) is 0 Å². The first-order valence-corrected chi connectivity index (χ1v) is 9.62. The van der Waals surface area contributed by atoms with Crippen LogP contribution >= 0.6 is 24.0 Å². The van der Waals surface area contributed by atoms with Crippen LogP contribution in [0.4, 0.5) is 8.78 Å². The monoisotopic (exact) mass is 421 g/mol. The molecule has 0 aromatic heterocycles. The lowest BCUT2D eigenvalue weighted by Crippen LogP contribution is -2.30. The van der Waals surface area contributed by atoms with Gasteiger partial charge >= 0.3 is 6.61 Å². The Hall–Kier alpha value is -2.45. The first-order chi connectivity index (χ1) is 13.5. The van der Waals surface area contributed by atoms with E-state index in [1.807, 2.05) is 30.3 Å². The lowest BCUT2D eigenvalue weighted by atomic mass is 10.1. The topological polar surface area (TPSA) is 38.8 Å². The maximum atomic E-state index is 12.7. The van der Waals surface area contributed by atoms with Gasteiger partial charge in [0.15, 0.2) is 11.5 Å². The van der Waals surface area contributed by atoms with Crippen LogP contribution in [0, 0.1) is 0 Å². The SMILES string of the molecule is COc1cc(C=C2SC(=S)N(CCc3ccccc3)C2=O)ccc1OC(F)F. The largest absolute Gasteiger partial charge is 0.493 e. The summed E-state index contributed by atoms with van der Waals surface area (Å²) in [5, 5.41) is 0. The minimum atomic E-state index is -2.94. The second-order valence-electron chi connectivity index (χ2n) is 5.86. The van der Waals surface area contributed by atoms with Crippen LogP contribution in [0.3, 0.4) is 0 Å². The van der Waals surface area contributed by atoms with Crippen LogP contribution in [0.15, 0.2) is 53.4 Å². The Morgan fingerprint density at radius 1 is 1.18 bits per heavy atom. The van der Waals surface area contributed by atoms with E-state index in [4.69, 9.17) is 17.0 Å². The fraction of sp³-hybridized carbons (Fsp3) is 0.200. The molecule has 1 saturated heterocycles. The summed E-state index contributed by atoms with van der Waals surface area (Å²) >= 11 is 6.56. The fourth-order valence-corrected chi connectivity index (χ4v) is 4.01. The molecule has 1 aliphatic heterocycles. The van der Waals surface area contributed by atoms with Crippen LogP contribution in [0.5, 0.6) is 11.5 Å². The van der Waals surface area contributed by atoms with Crippen molar-refractivity contribution < 1.29 is 23.0 Å². The molecule has 0 saturated carbocycles. The number of amides is 1. The number of ether oxygens (including phenoxy) is 2. The number of alkyl halides is 2. The maximum absolute atomic E-state index is 12.7. The Labute approximate surface area is 171 Å². The molecule has 3 rings (SSSR count). The second kappa shape index (κ2) is 9.16. The van der Waals surface area contributed by atoms with Gasteiger partial charge in [-0.15, -0.1) is 0 Å². The van der Waals surface area contributed by atoms with E-state index in [1.165, 1.54) is 31.0 Å². The van der Waals surface area contributed by atoms with Crippen molar-refractivity contribution in [2.75, 3.05) is 13.7 Å². The summed E-state index contributed by atoms with van der Waals surface area (Å²) in [7, 11) is 1.36. The smallest absolute Gasteiger partial charge is 0.387 e. The first kappa shape index (κ1) is 20.3. The van der Waals surface area contributed by atoms with Gasteiger partial charge < -0.3 is 9.47 Å². The van der Waals surface area contributed by atoms with E-state index in [2.05, 4.69) is 4.74 Å². The number of methoxy groups -OCH3 is 1. The zero-order chi connectivity index (χ0) is 20.1. The van der Waals surface area contributed by atoms with Gasteiger partial charge in [0.2, 0.25) is 0 Å². The van der Waals surface area contributed by atoms with E-state index in [0.717, 1.165) is 5.56 Å². The second-order valence-corrected chi connectivity index (χ2v) is 7.53. The highest BCUT2D eigenvalue weighted by Crippen LogP contribution is 2.35. The fourth-order valence-electron chi connectivity index (χ4n) is 2.70. The summed E-state index contributed by atoms with van der Waals surface area (Å²) in [6.07, 6.45) is 2.37. The highest BCUT2D eigenvalue weighted by molar-refractivity contribution is 8.26. The molecular weight excluding hydrogens is 404 g/mol. The van der Waals surface area contributed by atoms with Gasteiger partial charge in [-0.2, -0.15) is 8.78 Å². The minimum Gasteiger partial charge on any atom is -0.493 e. The van der Waals surface area contributed by atoms with Gasteiger partial charge in [-0.25, -0.2) is 0 Å². The van der Waals surface area contributed by atoms with Crippen molar-refractivity contribution in [2.24, 2.45) is 0 Å². The molecule has 0 N–H and O–H groups in total. The van der Waals surface area contributed by atoms with Gasteiger partial charge in [0.05, 0.1) is 12.0 Å². The normalized spacial score (nSPS) is 15.6. The van der Waals surface area contributed by atoms with Crippen molar-refractivity contribution in [3.8, 4) is 11.5 Å². The molecule has 8 heteroatoms. The van der Waals surface area contributed by atoms with E-state index >= 15 is 0 Å². The molecule has 2 aromatic carbocycles. The number of thioether (sulfide) groups is 1. The summed E-state index contributed by atoms with van der Waals surface area (Å²) in [5.41, 5.74) is 1.75. The van der Waals surface area contributed by atoms with Crippen molar-refractivity contribution in [3.05, 3.63) is 64.6 Å². The van der Waals surface area contributed by atoms with Crippen LogP contribution in [0.2, 0.25) is 0 Å². The Morgan fingerprint density at radius 2 is 1.93 bits per heavy atom. The van der Waals surface area contributed by atoms with Gasteiger partial charge in [0.1, 0.15) is 4.32 Å². The molecule has 1 amide bonds. The highest BCUT2D eigenvalue weighted by atomic mass is 32.2. The summed E-state index contributed by atoms with van der Waals surface area (Å²) in [5.74, 6) is -0.0727. The number of benzene rings is 2. The molecule has 4 nitrogen and oxygen atoms in total. The van der Waals surface area contributed by atoms with E-state index in [9.17, 15) is 13.6 Å². The Kier molecular flexibility index (Phi) is 6.64. The number of carbonyl (C=O) groups excluding carboxylic acids is 1. The predicted molar refractivity (Wildman–Crippen MR) is 110 cm³/mol. The molecule has 1 aliphatic rings. The quantitative estimate of drug-likeness (QED) is 0.477. The molecule has 1 heterocycles. The Morgan fingerprint density at radius 3 is 2.61 bits per heavy atom. The summed E-state index contributed by atoms with van der Waals surface area (Å²) in [4.78, 5) is 14.8. The van der Waals surface area contributed by atoms with Crippen molar-refractivity contribution in [2.45, 2.75) is 13.0 Å². The number of nitrogens with zero attached hydrogens (tertiary/aromatic N) is 1. The molecule has 0 aliphatic carbocycles. The molecule has 0 unspecified atom stereocenters. The van der Waals surface area contributed by atoms with Crippen molar-refractivity contribution >= 4 is 40.3 Å². The van der Waals surface area contributed by atoms with Gasteiger partial charge in [-0.05, 0) is 35.8 Å². The van der Waals surface area contributed by atoms with Gasteiger partial charge in [-0.3, -0.25) is 9.69 Å². The Bertz CT molecular complexity index is 904. The van der Waals surface area contributed by atoms with E-state index in [0.29, 0.717) is 27.8 Å². The van der Waals surface area contributed by atoms with E-state index in [-0.39, 0.29) is 17.4 Å².